The topological polar surface area (TPSA) is 0 Å². The number of halogens is 2. The molecule has 0 fully saturated rings. The largest absolute Gasteiger partial charge is 0.0654 e. The minimum Gasteiger partial charge on any atom is -0.0654 e. The van der Waals surface area contributed by atoms with Crippen LogP contribution in [-0.2, 0) is 0 Å². The van der Waals surface area contributed by atoms with Crippen molar-refractivity contribution < 1.29 is 0 Å². The highest BCUT2D eigenvalue weighted by atomic mass is 79.9. The van der Waals surface area contributed by atoms with E-state index in [2.05, 4.69) is 37.9 Å². The average Bonchev–Trinajstić information content (AvgIpc) is 1.80. The molecule has 0 saturated carbocycles. The molecule has 0 amide bonds. The number of rotatable bonds is 5. The monoisotopic (exact) mass is 274 g/mol. The Balaban J connectivity index is 2.75. The molecule has 0 nitrogen and oxygen atoms in total. The Labute approximate surface area is 75.0 Å². The third kappa shape index (κ3) is 9.39. The summed E-state index contributed by atoms with van der Waals surface area (Å²) in [6.45, 7) is 2.24. The second-order valence-electron chi connectivity index (χ2n) is 2.09. The van der Waals surface area contributed by atoms with Crippen LogP contribution in [0.15, 0.2) is 0 Å². The molecule has 0 spiro atoms. The molecule has 0 radical (unpaired) electrons. The van der Waals surface area contributed by atoms with Gasteiger partial charge in [0.2, 0.25) is 0 Å². The van der Waals surface area contributed by atoms with Crippen molar-refractivity contribution >= 4 is 36.3 Å². The van der Waals surface area contributed by atoms with Crippen LogP contribution in [0.2, 0.25) is 0 Å². The first-order chi connectivity index (χ1) is 4.27. The van der Waals surface area contributed by atoms with Crippen LogP contribution in [0.1, 0.15) is 32.6 Å². The smallest absolute Gasteiger partial charge is 0.0346 e. The Morgan fingerprint density at radius 1 is 1.11 bits per heavy atom. The van der Waals surface area contributed by atoms with Crippen molar-refractivity contribution in [1.29, 1.82) is 0 Å². The Hall–Kier alpha value is 1.39. The third-order valence-electron chi connectivity index (χ3n) is 1.18. The highest BCUT2D eigenvalue weighted by molar-refractivity contribution is 9.69. The molecule has 0 aliphatic rings. The molecule has 0 atom stereocenters. The number of hydrogen-bond acceptors (Lipinski definition) is 0. The van der Waals surface area contributed by atoms with Crippen molar-refractivity contribution in [2.75, 3.05) is 6.16 Å². The van der Waals surface area contributed by atoms with E-state index >= 15 is 0 Å². The molecule has 0 aromatic heterocycles. The fraction of sp³-hybridized carbons (Fsp3) is 1.00. The molecule has 0 rings (SSSR count). The molecule has 0 heterocycles. The standard InChI is InChI=1S/C6H13Br2P/c1-2-3-4-5-6-9(7)8/h2-6H2,1H3. The summed E-state index contributed by atoms with van der Waals surface area (Å²) in [5.41, 5.74) is 0. The van der Waals surface area contributed by atoms with Crippen LogP contribution in [-0.4, -0.2) is 6.16 Å². The molecule has 0 aliphatic heterocycles. The molecule has 0 aliphatic carbocycles. The molecule has 0 bridgehead atoms. The quantitative estimate of drug-likeness (QED) is 0.505. The summed E-state index contributed by atoms with van der Waals surface area (Å²) in [6.07, 6.45) is 6.81. The predicted molar refractivity (Wildman–Crippen MR) is 53.8 cm³/mol. The van der Waals surface area contributed by atoms with Gasteiger partial charge < -0.3 is 0 Å². The minimum atomic E-state index is 0.00792. The van der Waals surface area contributed by atoms with E-state index in [-0.39, 0.29) is 5.33 Å². The summed E-state index contributed by atoms with van der Waals surface area (Å²) in [7, 11) is 0. The SMILES string of the molecule is CCCCCCP(Br)Br. The Bertz CT molecular complexity index is 57.0. The molecule has 0 aromatic rings. The van der Waals surface area contributed by atoms with E-state index in [1.807, 2.05) is 0 Å². The highest BCUT2D eigenvalue weighted by Crippen LogP contribution is 2.52. The summed E-state index contributed by atoms with van der Waals surface area (Å²) >= 11 is 7.02. The summed E-state index contributed by atoms with van der Waals surface area (Å²) in [5, 5.41) is 0.00792. The van der Waals surface area contributed by atoms with Gasteiger partial charge in [-0.1, -0.05) is 26.2 Å². The molecule has 0 aromatic carbocycles. The lowest BCUT2D eigenvalue weighted by molar-refractivity contribution is 0.706. The molecular formula is C6H13Br2P. The van der Waals surface area contributed by atoms with Gasteiger partial charge in [0, 0.05) is 5.33 Å². The first-order valence-electron chi connectivity index (χ1n) is 3.36. The lowest BCUT2D eigenvalue weighted by Crippen LogP contribution is -1.77. The van der Waals surface area contributed by atoms with Crippen molar-refractivity contribution in [1.82, 2.24) is 0 Å². The highest BCUT2D eigenvalue weighted by Gasteiger charge is 1.95. The second kappa shape index (κ2) is 7.50. The van der Waals surface area contributed by atoms with E-state index in [1.54, 1.807) is 0 Å². The van der Waals surface area contributed by atoms with E-state index in [1.165, 1.54) is 31.8 Å². The fourth-order valence-corrected chi connectivity index (χ4v) is 2.63. The second-order valence-corrected chi connectivity index (χ2v) is 11.1. The maximum atomic E-state index is 3.51. The Morgan fingerprint density at radius 3 is 2.22 bits per heavy atom. The lowest BCUT2D eigenvalue weighted by Gasteiger charge is -1.98. The maximum Gasteiger partial charge on any atom is 0.0346 e. The first-order valence-corrected chi connectivity index (χ1v) is 8.93. The maximum absolute atomic E-state index is 3.51. The zero-order valence-corrected chi connectivity index (χ0v) is 9.81. The Morgan fingerprint density at radius 2 is 1.78 bits per heavy atom. The number of hydrogen-bond donors (Lipinski definition) is 0. The van der Waals surface area contributed by atoms with Gasteiger partial charge in [0.15, 0.2) is 0 Å². The molecule has 9 heavy (non-hydrogen) atoms. The zero-order chi connectivity index (χ0) is 7.11. The molecule has 56 valence electrons. The average molecular weight is 276 g/mol. The van der Waals surface area contributed by atoms with E-state index in [0.717, 1.165) is 0 Å². The van der Waals surface area contributed by atoms with Crippen LogP contribution in [0.5, 0.6) is 0 Å². The predicted octanol–water partition coefficient (Wildman–Crippen LogP) is 4.67. The Kier molecular flexibility index (Phi) is 8.65. The van der Waals surface area contributed by atoms with Crippen LogP contribution < -0.4 is 0 Å². The van der Waals surface area contributed by atoms with Crippen LogP contribution in [0.3, 0.4) is 0 Å². The molecule has 0 unspecified atom stereocenters. The van der Waals surface area contributed by atoms with Crippen LogP contribution in [0, 0.1) is 0 Å². The number of unbranched alkanes of at least 4 members (excludes halogenated alkanes) is 3. The van der Waals surface area contributed by atoms with Crippen molar-refractivity contribution in [3.8, 4) is 0 Å². The van der Waals surface area contributed by atoms with Gasteiger partial charge in [0.05, 0.1) is 0 Å². The van der Waals surface area contributed by atoms with E-state index in [9.17, 15) is 0 Å². The van der Waals surface area contributed by atoms with E-state index in [0.29, 0.717) is 0 Å². The van der Waals surface area contributed by atoms with Crippen molar-refractivity contribution in [2.24, 2.45) is 0 Å². The van der Waals surface area contributed by atoms with Crippen LogP contribution in [0.25, 0.3) is 0 Å². The third-order valence-corrected chi connectivity index (χ3v) is 3.96. The van der Waals surface area contributed by atoms with Gasteiger partial charge in [-0.05, 0) is 43.6 Å². The summed E-state index contributed by atoms with van der Waals surface area (Å²) in [5.74, 6) is 0. The van der Waals surface area contributed by atoms with Gasteiger partial charge in [0.25, 0.3) is 0 Å². The van der Waals surface area contributed by atoms with E-state index in [4.69, 9.17) is 0 Å². The fourth-order valence-electron chi connectivity index (χ4n) is 0.658. The molecular weight excluding hydrogens is 263 g/mol. The van der Waals surface area contributed by atoms with Gasteiger partial charge in [0.1, 0.15) is 0 Å². The van der Waals surface area contributed by atoms with Gasteiger partial charge in [-0.25, -0.2) is 0 Å². The van der Waals surface area contributed by atoms with Crippen molar-refractivity contribution in [2.45, 2.75) is 32.6 Å². The van der Waals surface area contributed by atoms with E-state index < -0.39 is 0 Å². The van der Waals surface area contributed by atoms with Gasteiger partial charge >= 0.3 is 0 Å². The summed E-state index contributed by atoms with van der Waals surface area (Å²) in [6, 6.07) is 0. The van der Waals surface area contributed by atoms with Crippen molar-refractivity contribution in [3.63, 3.8) is 0 Å². The molecule has 0 N–H and O–H groups in total. The molecule has 0 saturated heterocycles. The van der Waals surface area contributed by atoms with Crippen LogP contribution >= 0.6 is 36.3 Å². The molecule has 3 heteroatoms. The van der Waals surface area contributed by atoms with Crippen molar-refractivity contribution in [3.05, 3.63) is 0 Å². The van der Waals surface area contributed by atoms with Gasteiger partial charge in [-0.3, -0.25) is 0 Å². The summed E-state index contributed by atoms with van der Waals surface area (Å²) < 4.78 is 0. The summed E-state index contributed by atoms with van der Waals surface area (Å²) in [4.78, 5) is 0. The van der Waals surface area contributed by atoms with Gasteiger partial charge in [-0.2, -0.15) is 0 Å². The van der Waals surface area contributed by atoms with Gasteiger partial charge in [-0.15, -0.1) is 0 Å². The normalized spacial score (nSPS) is 10.7. The van der Waals surface area contributed by atoms with Crippen LogP contribution in [0.4, 0.5) is 0 Å². The zero-order valence-electron chi connectivity index (χ0n) is 5.74. The minimum absolute atomic E-state index is 0.00792. The first kappa shape index (κ1) is 10.4. The lowest BCUT2D eigenvalue weighted by atomic mass is 10.2.